The quantitative estimate of drug-likeness (QED) is 0.735. The van der Waals surface area contributed by atoms with E-state index in [0.29, 0.717) is 0 Å². The van der Waals surface area contributed by atoms with Crippen molar-refractivity contribution in [3.8, 4) is 6.07 Å². The highest BCUT2D eigenvalue weighted by Gasteiger charge is 2.16. The van der Waals surface area contributed by atoms with Crippen molar-refractivity contribution in [1.29, 1.82) is 5.26 Å². The van der Waals surface area contributed by atoms with Gasteiger partial charge in [-0.15, -0.1) is 0 Å². The maximum Gasteiger partial charge on any atom is 0.265 e. The number of aromatic nitrogens is 1. The van der Waals surface area contributed by atoms with E-state index in [0.717, 1.165) is 6.07 Å². The molecule has 0 radical (unpaired) electrons. The van der Waals surface area contributed by atoms with Gasteiger partial charge in [0.1, 0.15) is 5.82 Å². The van der Waals surface area contributed by atoms with Crippen molar-refractivity contribution in [2.24, 2.45) is 0 Å². The third-order valence-electron chi connectivity index (χ3n) is 1.75. The summed E-state index contributed by atoms with van der Waals surface area (Å²) in [5, 5.41) is 8.36. The largest absolute Gasteiger partial charge is 0.265 e. The van der Waals surface area contributed by atoms with Gasteiger partial charge in [-0.25, -0.2) is 13.2 Å². The Morgan fingerprint density at radius 1 is 1.57 bits per heavy atom. The van der Waals surface area contributed by atoms with Crippen molar-refractivity contribution in [1.82, 2.24) is 4.98 Å². The summed E-state index contributed by atoms with van der Waals surface area (Å²) in [6.07, 6.45) is -3.04. The lowest BCUT2D eigenvalue weighted by atomic mass is 10.1. The van der Waals surface area contributed by atoms with Gasteiger partial charge in [0.05, 0.1) is 23.9 Å². The molecule has 0 saturated heterocycles. The smallest absolute Gasteiger partial charge is 0.254 e. The number of alkyl halides is 2. The van der Waals surface area contributed by atoms with Gasteiger partial charge in [-0.2, -0.15) is 5.26 Å². The van der Waals surface area contributed by atoms with E-state index in [2.05, 4.69) is 4.98 Å². The normalized spacial score (nSPS) is 10.3. The van der Waals surface area contributed by atoms with E-state index in [-0.39, 0.29) is 17.8 Å². The maximum absolute atomic E-state index is 12.9. The van der Waals surface area contributed by atoms with Crippen LogP contribution in [0, 0.1) is 24.1 Å². The Morgan fingerprint density at radius 2 is 2.21 bits per heavy atom. The number of pyridine rings is 1. The molecule has 1 aromatic rings. The second kappa shape index (κ2) is 4.09. The molecule has 14 heavy (non-hydrogen) atoms. The second-order valence-electron chi connectivity index (χ2n) is 2.73. The van der Waals surface area contributed by atoms with Crippen molar-refractivity contribution >= 4 is 0 Å². The van der Waals surface area contributed by atoms with Crippen LogP contribution in [0.5, 0.6) is 0 Å². The van der Waals surface area contributed by atoms with Crippen molar-refractivity contribution < 1.29 is 13.2 Å². The molecule has 0 saturated carbocycles. The minimum Gasteiger partial charge on any atom is -0.254 e. The summed E-state index contributed by atoms with van der Waals surface area (Å²) in [6, 6.07) is 2.44. The molecular weight excluding hydrogens is 193 g/mol. The van der Waals surface area contributed by atoms with Crippen LogP contribution >= 0.6 is 0 Å². The molecule has 74 valence electrons. The minimum absolute atomic E-state index is 0.0275. The highest BCUT2D eigenvalue weighted by molar-refractivity contribution is 5.27. The van der Waals surface area contributed by atoms with Crippen LogP contribution in [0.3, 0.4) is 0 Å². The average molecular weight is 200 g/mol. The van der Waals surface area contributed by atoms with E-state index >= 15 is 0 Å². The number of nitriles is 1. The zero-order chi connectivity index (χ0) is 10.7. The summed E-state index contributed by atoms with van der Waals surface area (Å²) in [5.74, 6) is -0.776. The lowest BCUT2D eigenvalue weighted by Crippen LogP contribution is -2.02. The zero-order valence-electron chi connectivity index (χ0n) is 7.39. The van der Waals surface area contributed by atoms with E-state index in [1.165, 1.54) is 6.92 Å². The van der Waals surface area contributed by atoms with Gasteiger partial charge in [0.2, 0.25) is 0 Å². The molecule has 0 unspecified atom stereocenters. The Labute approximate surface area is 79.0 Å². The number of nitrogens with zero attached hydrogens (tertiary/aromatic N) is 2. The lowest BCUT2D eigenvalue weighted by Gasteiger charge is -2.06. The van der Waals surface area contributed by atoms with Crippen LogP contribution in [0.1, 0.15) is 23.4 Å². The molecule has 0 amide bonds. The van der Waals surface area contributed by atoms with Crippen molar-refractivity contribution in [2.45, 2.75) is 19.8 Å². The molecule has 2 nitrogen and oxygen atoms in total. The first kappa shape index (κ1) is 10.5. The molecule has 1 rings (SSSR count). The number of hydrogen-bond acceptors (Lipinski definition) is 2. The second-order valence-corrected chi connectivity index (χ2v) is 2.73. The monoisotopic (exact) mass is 200 g/mol. The fraction of sp³-hybridized carbons (Fsp3) is 0.333. The van der Waals surface area contributed by atoms with Gasteiger partial charge in [-0.1, -0.05) is 0 Å². The maximum atomic E-state index is 12.9. The average Bonchev–Trinajstić information content (AvgIpc) is 2.11. The Bertz CT molecular complexity index is 382. The standard InChI is InChI=1S/C9H7F3N2/c1-5-7(10)4-6(9(11)12)8(14-5)2-3-13/h4,9H,2H2,1H3. The van der Waals surface area contributed by atoms with Crippen LogP contribution < -0.4 is 0 Å². The first-order valence-corrected chi connectivity index (χ1v) is 3.87. The molecular formula is C9H7F3N2. The van der Waals surface area contributed by atoms with Gasteiger partial charge in [-0.05, 0) is 13.0 Å². The van der Waals surface area contributed by atoms with Crippen LogP contribution in [0.2, 0.25) is 0 Å². The van der Waals surface area contributed by atoms with Gasteiger partial charge < -0.3 is 0 Å². The predicted molar refractivity (Wildman–Crippen MR) is 43.2 cm³/mol. The molecule has 0 aliphatic heterocycles. The van der Waals surface area contributed by atoms with E-state index in [1.54, 1.807) is 6.07 Å². The third-order valence-corrected chi connectivity index (χ3v) is 1.75. The lowest BCUT2D eigenvalue weighted by molar-refractivity contribution is 0.149. The Kier molecular flexibility index (Phi) is 3.07. The molecule has 5 heteroatoms. The van der Waals surface area contributed by atoms with Crippen LogP contribution in [0.4, 0.5) is 13.2 Å². The van der Waals surface area contributed by atoms with E-state index in [1.807, 2.05) is 0 Å². The van der Waals surface area contributed by atoms with Crippen LogP contribution in [0.25, 0.3) is 0 Å². The molecule has 0 fully saturated rings. The summed E-state index contributed by atoms with van der Waals surface area (Å²) in [7, 11) is 0. The Morgan fingerprint density at radius 3 is 2.71 bits per heavy atom. The van der Waals surface area contributed by atoms with E-state index in [4.69, 9.17) is 5.26 Å². The number of rotatable bonds is 2. The summed E-state index contributed by atoms with van der Waals surface area (Å²) >= 11 is 0. The van der Waals surface area contributed by atoms with Crippen LogP contribution in [-0.4, -0.2) is 4.98 Å². The highest BCUT2D eigenvalue weighted by atomic mass is 19.3. The number of aryl methyl sites for hydroxylation is 1. The zero-order valence-corrected chi connectivity index (χ0v) is 7.39. The topological polar surface area (TPSA) is 36.7 Å². The fourth-order valence-electron chi connectivity index (χ4n) is 1.05. The first-order valence-electron chi connectivity index (χ1n) is 3.87. The molecule has 0 spiro atoms. The van der Waals surface area contributed by atoms with Crippen LogP contribution in [-0.2, 0) is 6.42 Å². The molecule has 1 heterocycles. The van der Waals surface area contributed by atoms with Gasteiger partial charge in [0.25, 0.3) is 6.43 Å². The van der Waals surface area contributed by atoms with E-state index in [9.17, 15) is 13.2 Å². The minimum atomic E-state index is -2.80. The third kappa shape index (κ3) is 2.02. The van der Waals surface area contributed by atoms with Crippen molar-refractivity contribution in [2.75, 3.05) is 0 Å². The SMILES string of the molecule is Cc1nc(CC#N)c(C(F)F)cc1F. The first-order chi connectivity index (χ1) is 6.56. The molecule has 0 aliphatic carbocycles. The van der Waals surface area contributed by atoms with Gasteiger partial charge in [0.15, 0.2) is 0 Å². The molecule has 0 N–H and O–H groups in total. The van der Waals surface area contributed by atoms with Crippen molar-refractivity contribution in [3.05, 3.63) is 28.8 Å². The van der Waals surface area contributed by atoms with E-state index < -0.39 is 17.8 Å². The van der Waals surface area contributed by atoms with Crippen molar-refractivity contribution in [3.63, 3.8) is 0 Å². The Hall–Kier alpha value is -1.57. The van der Waals surface area contributed by atoms with Crippen LogP contribution in [0.15, 0.2) is 6.07 Å². The Balaban J connectivity index is 3.25. The summed E-state index contributed by atoms with van der Waals surface area (Å²) in [4.78, 5) is 3.61. The molecule has 0 aliphatic rings. The van der Waals surface area contributed by atoms with Gasteiger partial charge >= 0.3 is 0 Å². The highest BCUT2D eigenvalue weighted by Crippen LogP contribution is 2.23. The number of hydrogen-bond donors (Lipinski definition) is 0. The number of halogens is 3. The van der Waals surface area contributed by atoms with Gasteiger partial charge in [-0.3, -0.25) is 4.98 Å². The summed E-state index contributed by atoms with van der Waals surface area (Å²) < 4.78 is 37.6. The predicted octanol–water partition coefficient (Wildman–Crippen LogP) is 2.53. The molecule has 1 aromatic heterocycles. The molecule has 0 aromatic carbocycles. The molecule has 0 atom stereocenters. The molecule has 0 bridgehead atoms. The summed E-state index contributed by atoms with van der Waals surface area (Å²) in [6.45, 7) is 1.37. The summed E-state index contributed by atoms with van der Waals surface area (Å²) in [5.41, 5.74) is -0.532. The van der Waals surface area contributed by atoms with Gasteiger partial charge in [0, 0.05) is 5.56 Å². The fourth-order valence-corrected chi connectivity index (χ4v) is 1.05.